The first-order valence-electron chi connectivity index (χ1n) is 3.51. The van der Waals surface area contributed by atoms with Gasteiger partial charge >= 0.3 is 0 Å². The lowest BCUT2D eigenvalue weighted by Crippen LogP contribution is -2.23. The second kappa shape index (κ2) is 3.88. The third-order valence-electron chi connectivity index (χ3n) is 1.36. The minimum atomic E-state index is 0.608. The molecule has 2 nitrogen and oxygen atoms in total. The monoisotopic (exact) mass is 178 g/mol. The van der Waals surface area contributed by atoms with Gasteiger partial charge in [-0.05, 0) is 24.4 Å². The summed E-state index contributed by atoms with van der Waals surface area (Å²) in [5, 5.41) is 1.85. The highest BCUT2D eigenvalue weighted by Gasteiger charge is 1.84. The van der Waals surface area contributed by atoms with Crippen LogP contribution in [0, 0.1) is 4.77 Å². The van der Waals surface area contributed by atoms with E-state index in [2.05, 4.69) is 23.1 Å². The predicted octanol–water partition coefficient (Wildman–Crippen LogP) is 1.01. The van der Waals surface area contributed by atoms with Gasteiger partial charge in [0.2, 0.25) is 0 Å². The van der Waals surface area contributed by atoms with Crippen molar-refractivity contribution in [2.24, 2.45) is 0 Å². The standard InChI is InChI=1S/C9H10N2S/c1-3-5-7-8(6-4-2)11-9(12)10-7/h3-6H,1-2H2,(H2,10,11,12)/b7-5+,8-6+. The number of hydrogen-bond acceptors (Lipinski definition) is 1. The van der Waals surface area contributed by atoms with Crippen LogP contribution >= 0.6 is 12.2 Å². The summed E-state index contributed by atoms with van der Waals surface area (Å²) in [6, 6.07) is 0. The minimum Gasteiger partial charge on any atom is -0.331 e. The van der Waals surface area contributed by atoms with Crippen LogP contribution in [-0.4, -0.2) is 9.97 Å². The van der Waals surface area contributed by atoms with E-state index >= 15 is 0 Å². The molecule has 0 saturated heterocycles. The molecular formula is C9H10N2S. The molecule has 0 bridgehead atoms. The summed E-state index contributed by atoms with van der Waals surface area (Å²) in [4.78, 5) is 5.97. The molecule has 0 atom stereocenters. The summed E-state index contributed by atoms with van der Waals surface area (Å²) in [5.41, 5.74) is 0. The second-order valence-electron chi connectivity index (χ2n) is 2.21. The molecule has 62 valence electrons. The lowest BCUT2D eigenvalue weighted by atomic mass is 10.4. The molecule has 1 heterocycles. The quantitative estimate of drug-likeness (QED) is 0.651. The van der Waals surface area contributed by atoms with Crippen molar-refractivity contribution >= 4 is 24.4 Å². The van der Waals surface area contributed by atoms with Gasteiger partial charge in [-0.2, -0.15) is 0 Å². The number of imidazole rings is 1. The largest absolute Gasteiger partial charge is 0.331 e. The van der Waals surface area contributed by atoms with Crippen molar-refractivity contribution in [2.45, 2.75) is 0 Å². The van der Waals surface area contributed by atoms with Crippen molar-refractivity contribution < 1.29 is 0 Å². The number of H-pyrrole nitrogens is 2. The fourth-order valence-electron chi connectivity index (χ4n) is 0.909. The van der Waals surface area contributed by atoms with Crippen molar-refractivity contribution in [3.05, 3.63) is 40.8 Å². The molecule has 0 unspecified atom stereocenters. The SMILES string of the molecule is C=C/C=c1/[nH]c(=S)[nH]/c1=C/C=C. The molecule has 1 rings (SSSR count). The average molecular weight is 178 g/mol. The molecule has 0 radical (unpaired) electrons. The Labute approximate surface area is 75.7 Å². The van der Waals surface area contributed by atoms with E-state index in [1.54, 1.807) is 12.2 Å². The molecule has 3 heteroatoms. The molecule has 1 aromatic heterocycles. The third kappa shape index (κ3) is 1.83. The van der Waals surface area contributed by atoms with Crippen LogP contribution in [0.25, 0.3) is 12.2 Å². The maximum atomic E-state index is 4.93. The Morgan fingerprint density at radius 2 is 1.42 bits per heavy atom. The summed E-state index contributed by atoms with van der Waals surface area (Å²) in [6.45, 7) is 7.21. The smallest absolute Gasteiger partial charge is 0.175 e. The number of allylic oxidation sites excluding steroid dienone is 2. The van der Waals surface area contributed by atoms with Gasteiger partial charge in [0.1, 0.15) is 0 Å². The molecule has 0 aliphatic heterocycles. The molecule has 0 aromatic carbocycles. The number of aromatic nitrogens is 2. The number of nitrogens with one attached hydrogen (secondary N) is 2. The summed E-state index contributed by atoms with van der Waals surface area (Å²) in [6.07, 6.45) is 7.10. The van der Waals surface area contributed by atoms with E-state index in [9.17, 15) is 0 Å². The zero-order valence-electron chi connectivity index (χ0n) is 6.63. The fraction of sp³-hybridized carbons (Fsp3) is 0. The van der Waals surface area contributed by atoms with Gasteiger partial charge in [0.05, 0.1) is 10.7 Å². The lowest BCUT2D eigenvalue weighted by molar-refractivity contribution is 1.24. The molecule has 0 amide bonds. The highest BCUT2D eigenvalue weighted by atomic mass is 32.1. The molecule has 0 saturated carbocycles. The van der Waals surface area contributed by atoms with Crippen LogP contribution in [0.4, 0.5) is 0 Å². The summed E-state index contributed by atoms with van der Waals surface area (Å²) in [5.74, 6) is 0. The van der Waals surface area contributed by atoms with Crippen LogP contribution in [0.3, 0.4) is 0 Å². The van der Waals surface area contributed by atoms with Gasteiger partial charge in [0.25, 0.3) is 0 Å². The molecule has 0 spiro atoms. The topological polar surface area (TPSA) is 31.6 Å². The highest BCUT2D eigenvalue weighted by molar-refractivity contribution is 7.71. The van der Waals surface area contributed by atoms with Gasteiger partial charge in [-0.15, -0.1) is 0 Å². The number of hydrogen-bond donors (Lipinski definition) is 2. The van der Waals surface area contributed by atoms with Gasteiger partial charge in [-0.25, -0.2) is 0 Å². The fourth-order valence-corrected chi connectivity index (χ4v) is 1.13. The minimum absolute atomic E-state index is 0.608. The van der Waals surface area contributed by atoms with Gasteiger partial charge in [0.15, 0.2) is 4.77 Å². The highest BCUT2D eigenvalue weighted by Crippen LogP contribution is 1.69. The molecular weight excluding hydrogens is 168 g/mol. The summed E-state index contributed by atoms with van der Waals surface area (Å²) < 4.78 is 0.608. The Morgan fingerprint density at radius 1 is 1.00 bits per heavy atom. The zero-order valence-corrected chi connectivity index (χ0v) is 7.45. The van der Waals surface area contributed by atoms with Crippen LogP contribution in [-0.2, 0) is 0 Å². The van der Waals surface area contributed by atoms with Crippen LogP contribution in [0.2, 0.25) is 0 Å². The Balaban J connectivity index is 3.57. The molecule has 2 N–H and O–H groups in total. The normalized spacial score (nSPS) is 13.3. The second-order valence-corrected chi connectivity index (χ2v) is 2.62. The maximum absolute atomic E-state index is 4.93. The van der Waals surface area contributed by atoms with Crippen LogP contribution < -0.4 is 10.7 Å². The van der Waals surface area contributed by atoms with E-state index in [4.69, 9.17) is 12.2 Å². The Bertz CT molecular complexity index is 407. The Kier molecular flexibility index (Phi) is 2.82. The van der Waals surface area contributed by atoms with E-state index in [-0.39, 0.29) is 0 Å². The first-order chi connectivity index (χ1) is 5.77. The van der Waals surface area contributed by atoms with Gasteiger partial charge in [0, 0.05) is 0 Å². The van der Waals surface area contributed by atoms with E-state index in [0.29, 0.717) is 4.77 Å². The average Bonchev–Trinajstić information content (AvgIpc) is 2.33. The van der Waals surface area contributed by atoms with Gasteiger partial charge in [-0.1, -0.05) is 25.3 Å². The molecule has 1 aromatic rings. The molecule has 0 fully saturated rings. The van der Waals surface area contributed by atoms with E-state index < -0.39 is 0 Å². The first kappa shape index (κ1) is 8.74. The predicted molar refractivity (Wildman–Crippen MR) is 54.6 cm³/mol. The van der Waals surface area contributed by atoms with E-state index in [1.807, 2.05) is 12.2 Å². The van der Waals surface area contributed by atoms with Crippen molar-refractivity contribution in [3.63, 3.8) is 0 Å². The Morgan fingerprint density at radius 3 is 1.75 bits per heavy atom. The van der Waals surface area contributed by atoms with Crippen molar-refractivity contribution in [1.82, 2.24) is 9.97 Å². The van der Waals surface area contributed by atoms with Crippen LogP contribution in [0.1, 0.15) is 0 Å². The molecule has 0 aliphatic rings. The summed E-state index contributed by atoms with van der Waals surface area (Å²) >= 11 is 4.93. The summed E-state index contributed by atoms with van der Waals surface area (Å²) in [7, 11) is 0. The van der Waals surface area contributed by atoms with Crippen molar-refractivity contribution in [3.8, 4) is 0 Å². The molecule has 0 aliphatic carbocycles. The lowest BCUT2D eigenvalue weighted by Gasteiger charge is -1.74. The van der Waals surface area contributed by atoms with Crippen LogP contribution in [0.5, 0.6) is 0 Å². The van der Waals surface area contributed by atoms with E-state index in [0.717, 1.165) is 10.7 Å². The number of aromatic amines is 2. The number of rotatable bonds is 2. The third-order valence-corrected chi connectivity index (χ3v) is 1.56. The van der Waals surface area contributed by atoms with Gasteiger partial charge < -0.3 is 9.97 Å². The maximum Gasteiger partial charge on any atom is 0.175 e. The van der Waals surface area contributed by atoms with Crippen molar-refractivity contribution in [2.75, 3.05) is 0 Å². The first-order valence-corrected chi connectivity index (χ1v) is 3.92. The Hall–Kier alpha value is -1.35. The van der Waals surface area contributed by atoms with E-state index in [1.165, 1.54) is 0 Å². The molecule has 12 heavy (non-hydrogen) atoms. The van der Waals surface area contributed by atoms with Gasteiger partial charge in [-0.3, -0.25) is 0 Å². The van der Waals surface area contributed by atoms with Crippen molar-refractivity contribution in [1.29, 1.82) is 0 Å². The van der Waals surface area contributed by atoms with Crippen LogP contribution in [0.15, 0.2) is 25.3 Å². The zero-order chi connectivity index (χ0) is 8.97.